The maximum Gasteiger partial charge on any atom is 0.274 e. The van der Waals surface area contributed by atoms with Crippen molar-refractivity contribution in [3.63, 3.8) is 0 Å². The zero-order valence-electron chi connectivity index (χ0n) is 16.2. The van der Waals surface area contributed by atoms with Gasteiger partial charge in [0.1, 0.15) is 0 Å². The Morgan fingerprint density at radius 3 is 2.69 bits per heavy atom. The summed E-state index contributed by atoms with van der Waals surface area (Å²) in [6.45, 7) is 8.23. The lowest BCUT2D eigenvalue weighted by Crippen LogP contribution is -2.32. The number of amides is 1. The van der Waals surface area contributed by atoms with Gasteiger partial charge in [-0.3, -0.25) is 9.48 Å². The van der Waals surface area contributed by atoms with E-state index in [1.165, 1.54) is 10.5 Å². The van der Waals surface area contributed by atoms with Crippen LogP contribution in [0.1, 0.15) is 36.3 Å². The van der Waals surface area contributed by atoms with Crippen molar-refractivity contribution in [2.45, 2.75) is 30.9 Å². The second-order valence-electron chi connectivity index (χ2n) is 6.69. The Morgan fingerprint density at radius 2 is 1.96 bits per heavy atom. The molecule has 5 nitrogen and oxygen atoms in total. The molecule has 0 N–H and O–H groups in total. The Labute approximate surface area is 160 Å². The van der Waals surface area contributed by atoms with Gasteiger partial charge < -0.3 is 9.80 Å². The highest BCUT2D eigenvalue weighted by atomic mass is 32.2. The monoisotopic (exact) mass is 372 g/mol. The molecule has 0 spiro atoms. The predicted molar refractivity (Wildman–Crippen MR) is 108 cm³/mol. The van der Waals surface area contributed by atoms with E-state index in [9.17, 15) is 4.79 Å². The molecule has 0 saturated heterocycles. The number of hydrogen-bond donors (Lipinski definition) is 0. The maximum absolute atomic E-state index is 13.0. The zero-order valence-corrected chi connectivity index (χ0v) is 17.0. The predicted octanol–water partition coefficient (Wildman–Crippen LogP) is 3.50. The molecule has 0 saturated carbocycles. The second-order valence-corrected chi connectivity index (χ2v) is 7.71. The summed E-state index contributed by atoms with van der Waals surface area (Å²) in [4.78, 5) is 18.4. The van der Waals surface area contributed by atoms with Crippen molar-refractivity contribution in [2.24, 2.45) is 7.05 Å². The largest absolute Gasteiger partial charge is 0.340 e. The third-order valence-corrected chi connectivity index (χ3v) is 6.17. The second kappa shape index (κ2) is 8.27. The molecule has 0 unspecified atom stereocenters. The van der Waals surface area contributed by atoms with Crippen molar-refractivity contribution >= 4 is 17.7 Å². The summed E-state index contributed by atoms with van der Waals surface area (Å²) in [7, 11) is 3.82. The summed E-state index contributed by atoms with van der Waals surface area (Å²) in [5, 5.41) is 4.59. The highest BCUT2D eigenvalue weighted by Crippen LogP contribution is 2.42. The number of carbonyl (C=O) groups is 1. The molecule has 2 heterocycles. The third kappa shape index (κ3) is 3.67. The lowest BCUT2D eigenvalue weighted by molar-refractivity contribution is 0.0781. The fourth-order valence-electron chi connectivity index (χ4n) is 3.50. The van der Waals surface area contributed by atoms with Gasteiger partial charge in [-0.15, -0.1) is 11.8 Å². The Kier molecular flexibility index (Phi) is 6.04. The van der Waals surface area contributed by atoms with Crippen molar-refractivity contribution in [1.82, 2.24) is 19.6 Å². The highest BCUT2D eigenvalue weighted by molar-refractivity contribution is 7.98. The molecule has 0 aliphatic carbocycles. The van der Waals surface area contributed by atoms with Gasteiger partial charge in [-0.05, 0) is 32.1 Å². The topological polar surface area (TPSA) is 41.4 Å². The van der Waals surface area contributed by atoms with Crippen molar-refractivity contribution in [3.05, 3.63) is 35.5 Å². The molecular weight excluding hydrogens is 344 g/mol. The van der Waals surface area contributed by atoms with E-state index in [1.807, 2.05) is 29.7 Å². The molecule has 0 radical (unpaired) electrons. The first-order valence-electron chi connectivity index (χ1n) is 9.32. The van der Waals surface area contributed by atoms with Gasteiger partial charge in [-0.2, -0.15) is 5.10 Å². The Morgan fingerprint density at radius 1 is 1.23 bits per heavy atom. The summed E-state index contributed by atoms with van der Waals surface area (Å²) in [6, 6.07) is 8.35. The van der Waals surface area contributed by atoms with Crippen LogP contribution < -0.4 is 0 Å². The van der Waals surface area contributed by atoms with E-state index in [2.05, 4.69) is 42.0 Å². The molecule has 0 bridgehead atoms. The summed E-state index contributed by atoms with van der Waals surface area (Å²) >= 11 is 1.78. The van der Waals surface area contributed by atoms with Crippen LogP contribution in [-0.2, 0) is 12.8 Å². The van der Waals surface area contributed by atoms with Crippen LogP contribution in [0, 0.1) is 0 Å². The first-order chi connectivity index (χ1) is 12.6. The fraction of sp³-hybridized carbons (Fsp3) is 0.500. The van der Waals surface area contributed by atoms with E-state index < -0.39 is 0 Å². The molecule has 1 aromatic carbocycles. The summed E-state index contributed by atoms with van der Waals surface area (Å²) in [5.74, 6) is 0.829. The van der Waals surface area contributed by atoms with Crippen LogP contribution in [0.5, 0.6) is 0 Å². The van der Waals surface area contributed by atoms with E-state index in [-0.39, 0.29) is 5.91 Å². The standard InChI is InChI=1S/C20H28N4OS/c1-5-24(6-2)13-9-12-22(3)20(25)18-16-14-26-17-11-8-7-10-15(17)19(16)23(4)21-18/h7-8,10-11H,5-6,9,12-14H2,1-4H3. The molecule has 0 fully saturated rings. The minimum atomic E-state index is 0.0291. The Balaban J connectivity index is 1.76. The summed E-state index contributed by atoms with van der Waals surface area (Å²) in [6.07, 6.45) is 0.983. The van der Waals surface area contributed by atoms with E-state index in [4.69, 9.17) is 0 Å². The molecule has 140 valence electrons. The van der Waals surface area contributed by atoms with Gasteiger partial charge in [-0.1, -0.05) is 32.0 Å². The number of fused-ring (bicyclic) bond motifs is 3. The smallest absolute Gasteiger partial charge is 0.274 e. The summed E-state index contributed by atoms with van der Waals surface area (Å²) in [5.41, 5.74) is 3.93. The fourth-order valence-corrected chi connectivity index (χ4v) is 4.57. The normalized spacial score (nSPS) is 12.8. The molecular formula is C20H28N4OS. The van der Waals surface area contributed by atoms with Gasteiger partial charge in [0.15, 0.2) is 5.69 Å². The molecule has 1 aromatic heterocycles. The molecule has 1 aliphatic rings. The van der Waals surface area contributed by atoms with E-state index in [1.54, 1.807) is 11.8 Å². The number of hydrogen-bond acceptors (Lipinski definition) is 4. The number of carbonyl (C=O) groups excluding carboxylic acids is 1. The number of aryl methyl sites for hydroxylation is 1. The van der Waals surface area contributed by atoms with Gasteiger partial charge in [0, 0.05) is 42.4 Å². The van der Waals surface area contributed by atoms with Crippen LogP contribution in [0.2, 0.25) is 0 Å². The molecule has 6 heteroatoms. The first kappa shape index (κ1) is 19.0. The lowest BCUT2D eigenvalue weighted by atomic mass is 10.1. The van der Waals surface area contributed by atoms with Crippen LogP contribution in [0.15, 0.2) is 29.2 Å². The van der Waals surface area contributed by atoms with Crippen molar-refractivity contribution in [3.8, 4) is 11.3 Å². The van der Waals surface area contributed by atoms with Gasteiger partial charge in [0.05, 0.1) is 5.69 Å². The van der Waals surface area contributed by atoms with E-state index in [0.29, 0.717) is 5.69 Å². The average molecular weight is 373 g/mol. The molecule has 3 rings (SSSR count). The Hall–Kier alpha value is -1.79. The van der Waals surface area contributed by atoms with Crippen LogP contribution >= 0.6 is 11.8 Å². The zero-order chi connectivity index (χ0) is 18.7. The Bertz CT molecular complexity index is 782. The van der Waals surface area contributed by atoms with Crippen LogP contribution in [0.25, 0.3) is 11.3 Å². The van der Waals surface area contributed by atoms with Gasteiger partial charge in [0.25, 0.3) is 5.91 Å². The number of thioether (sulfide) groups is 1. The minimum absolute atomic E-state index is 0.0291. The molecule has 26 heavy (non-hydrogen) atoms. The van der Waals surface area contributed by atoms with E-state index in [0.717, 1.165) is 49.6 Å². The molecule has 1 aliphatic heterocycles. The van der Waals surface area contributed by atoms with Crippen LogP contribution in [0.4, 0.5) is 0 Å². The number of aromatic nitrogens is 2. The van der Waals surface area contributed by atoms with Gasteiger partial charge in [0.2, 0.25) is 0 Å². The SMILES string of the molecule is CCN(CC)CCCN(C)C(=O)c1nn(C)c2c1CSc1ccccc1-2. The van der Waals surface area contributed by atoms with Gasteiger partial charge in [-0.25, -0.2) is 0 Å². The van der Waals surface area contributed by atoms with Gasteiger partial charge >= 0.3 is 0 Å². The van der Waals surface area contributed by atoms with Crippen LogP contribution in [0.3, 0.4) is 0 Å². The van der Waals surface area contributed by atoms with Crippen molar-refractivity contribution in [2.75, 3.05) is 33.2 Å². The number of benzene rings is 1. The first-order valence-corrected chi connectivity index (χ1v) is 10.3. The summed E-state index contributed by atoms with van der Waals surface area (Å²) < 4.78 is 1.87. The average Bonchev–Trinajstić information content (AvgIpc) is 3.01. The third-order valence-electron chi connectivity index (χ3n) is 5.07. The van der Waals surface area contributed by atoms with E-state index >= 15 is 0 Å². The number of nitrogens with zero attached hydrogens (tertiary/aromatic N) is 4. The number of rotatable bonds is 7. The quantitative estimate of drug-likeness (QED) is 0.746. The molecule has 0 atom stereocenters. The molecule has 2 aromatic rings. The maximum atomic E-state index is 13.0. The molecule has 1 amide bonds. The lowest BCUT2D eigenvalue weighted by Gasteiger charge is -2.21. The van der Waals surface area contributed by atoms with Crippen molar-refractivity contribution in [1.29, 1.82) is 0 Å². The minimum Gasteiger partial charge on any atom is -0.340 e. The van der Waals surface area contributed by atoms with Crippen LogP contribution in [-0.4, -0.2) is 58.7 Å². The highest BCUT2D eigenvalue weighted by Gasteiger charge is 2.28. The van der Waals surface area contributed by atoms with Crippen molar-refractivity contribution < 1.29 is 4.79 Å².